The molecule has 0 fully saturated rings. The van der Waals surface area contributed by atoms with Crippen molar-refractivity contribution in [2.75, 3.05) is 7.11 Å². The number of carboxylic acid groups (broad SMARTS) is 1. The first kappa shape index (κ1) is 17.3. The van der Waals surface area contributed by atoms with Crippen LogP contribution in [0.2, 0.25) is 0 Å². The number of carboxylic acids is 1. The van der Waals surface area contributed by atoms with Crippen molar-refractivity contribution in [3.63, 3.8) is 0 Å². The van der Waals surface area contributed by atoms with E-state index in [-0.39, 0.29) is 0 Å². The van der Waals surface area contributed by atoms with Crippen LogP contribution >= 0.6 is 0 Å². The number of carbonyl (C=O) groups is 1. The van der Waals surface area contributed by atoms with Crippen molar-refractivity contribution in [3.8, 4) is 5.75 Å². The number of aliphatic carboxylic acids is 1. The van der Waals surface area contributed by atoms with Crippen LogP contribution in [0.15, 0.2) is 24.3 Å². The molecule has 0 bridgehead atoms. The van der Waals surface area contributed by atoms with E-state index in [1.165, 1.54) is 25.3 Å². The topological polar surface area (TPSA) is 46.5 Å². The first-order valence-electron chi connectivity index (χ1n) is 7.68. The number of unbranched alkanes of at least 4 members (excludes halogenated alkanes) is 1. The third-order valence-electron chi connectivity index (χ3n) is 3.77. The molecule has 1 unspecified atom stereocenters. The molecular formula is C18H26O3. The quantitative estimate of drug-likeness (QED) is 0.678. The van der Waals surface area contributed by atoms with Crippen molar-refractivity contribution < 1.29 is 14.6 Å². The number of methoxy groups -OCH3 is 1. The maximum atomic E-state index is 10.6. The van der Waals surface area contributed by atoms with Crippen LogP contribution in [0.5, 0.6) is 5.75 Å². The summed E-state index contributed by atoms with van der Waals surface area (Å²) >= 11 is 0. The summed E-state index contributed by atoms with van der Waals surface area (Å²) in [5.41, 5.74) is 2.06. The van der Waals surface area contributed by atoms with Gasteiger partial charge >= 0.3 is 5.97 Å². The fourth-order valence-electron chi connectivity index (χ4n) is 2.48. The van der Waals surface area contributed by atoms with Crippen LogP contribution in [-0.2, 0) is 11.2 Å². The van der Waals surface area contributed by atoms with Crippen LogP contribution < -0.4 is 4.74 Å². The van der Waals surface area contributed by atoms with E-state index in [1.54, 1.807) is 13.2 Å². The highest BCUT2D eigenvalue weighted by Gasteiger charge is 2.11. The molecule has 0 aliphatic heterocycles. The summed E-state index contributed by atoms with van der Waals surface area (Å²) in [5, 5.41) is 8.71. The second-order valence-corrected chi connectivity index (χ2v) is 5.36. The third kappa shape index (κ3) is 6.03. The Hall–Kier alpha value is -1.77. The molecule has 1 aromatic carbocycles. The molecule has 0 radical (unpaired) electrons. The minimum absolute atomic E-state index is 0.651. The molecule has 0 spiro atoms. The van der Waals surface area contributed by atoms with Crippen LogP contribution in [0.4, 0.5) is 0 Å². The smallest absolute Gasteiger partial charge is 0.328 e. The zero-order chi connectivity index (χ0) is 15.7. The van der Waals surface area contributed by atoms with Gasteiger partial charge in [-0.1, -0.05) is 45.6 Å². The van der Waals surface area contributed by atoms with Gasteiger partial charge in [-0.05, 0) is 41.7 Å². The van der Waals surface area contributed by atoms with Gasteiger partial charge in [0, 0.05) is 6.08 Å². The summed E-state index contributed by atoms with van der Waals surface area (Å²) in [4.78, 5) is 10.6. The highest BCUT2D eigenvalue weighted by Crippen LogP contribution is 2.26. The molecule has 0 saturated heterocycles. The monoisotopic (exact) mass is 290 g/mol. The van der Waals surface area contributed by atoms with Crippen molar-refractivity contribution in [2.24, 2.45) is 5.92 Å². The summed E-state index contributed by atoms with van der Waals surface area (Å²) in [7, 11) is 1.68. The average molecular weight is 290 g/mol. The minimum atomic E-state index is -0.929. The second kappa shape index (κ2) is 9.22. The lowest BCUT2D eigenvalue weighted by atomic mass is 9.91. The molecule has 1 aromatic rings. The molecule has 0 aliphatic carbocycles. The van der Waals surface area contributed by atoms with E-state index in [9.17, 15) is 4.79 Å². The first-order valence-corrected chi connectivity index (χ1v) is 7.68. The first-order chi connectivity index (χ1) is 10.1. The molecule has 0 heterocycles. The van der Waals surface area contributed by atoms with Crippen molar-refractivity contribution in [1.82, 2.24) is 0 Å². The van der Waals surface area contributed by atoms with Gasteiger partial charge in [-0.25, -0.2) is 4.79 Å². The Kier molecular flexibility index (Phi) is 7.59. The summed E-state index contributed by atoms with van der Waals surface area (Å²) in [6, 6.07) is 5.84. The average Bonchev–Trinajstić information content (AvgIpc) is 2.49. The maximum Gasteiger partial charge on any atom is 0.328 e. The number of hydrogen-bond donors (Lipinski definition) is 1. The van der Waals surface area contributed by atoms with Crippen molar-refractivity contribution in [2.45, 2.75) is 46.0 Å². The lowest BCUT2D eigenvalue weighted by molar-refractivity contribution is -0.131. The second-order valence-electron chi connectivity index (χ2n) is 5.36. The van der Waals surface area contributed by atoms with Gasteiger partial charge in [0.1, 0.15) is 5.75 Å². The Balaban J connectivity index is 2.91. The Morgan fingerprint density at radius 1 is 1.38 bits per heavy atom. The fraction of sp³-hybridized carbons (Fsp3) is 0.500. The van der Waals surface area contributed by atoms with E-state index < -0.39 is 5.97 Å². The molecule has 0 amide bonds. The maximum absolute atomic E-state index is 10.6. The molecule has 3 nitrogen and oxygen atoms in total. The standard InChI is InChI=1S/C18H26O3/c1-4-6-7-14(5-2)12-16-13-15(9-11-18(19)20)8-10-17(16)21-3/h8-11,13-14H,4-7,12H2,1-3H3,(H,19,20). The van der Waals surface area contributed by atoms with E-state index in [0.29, 0.717) is 5.92 Å². The van der Waals surface area contributed by atoms with Crippen LogP contribution in [0.1, 0.15) is 50.7 Å². The van der Waals surface area contributed by atoms with Crippen molar-refractivity contribution >= 4 is 12.0 Å². The predicted octanol–water partition coefficient (Wildman–Crippen LogP) is 4.55. The molecule has 0 saturated carbocycles. The molecule has 0 aromatic heterocycles. The van der Waals surface area contributed by atoms with Crippen molar-refractivity contribution in [3.05, 3.63) is 35.4 Å². The van der Waals surface area contributed by atoms with E-state index in [1.807, 2.05) is 18.2 Å². The van der Waals surface area contributed by atoms with Crippen molar-refractivity contribution in [1.29, 1.82) is 0 Å². The SMILES string of the molecule is CCCCC(CC)Cc1cc(C=CC(=O)O)ccc1OC. The highest BCUT2D eigenvalue weighted by molar-refractivity contribution is 5.85. The van der Waals surface area contributed by atoms with Gasteiger partial charge in [0.25, 0.3) is 0 Å². The third-order valence-corrected chi connectivity index (χ3v) is 3.77. The van der Waals surface area contributed by atoms with E-state index in [4.69, 9.17) is 9.84 Å². The van der Waals surface area contributed by atoms with Gasteiger partial charge in [0.15, 0.2) is 0 Å². The van der Waals surface area contributed by atoms with Gasteiger partial charge in [-0.15, -0.1) is 0 Å². The number of rotatable bonds is 9. The van der Waals surface area contributed by atoms with Crippen LogP contribution in [0.25, 0.3) is 6.08 Å². The lowest BCUT2D eigenvalue weighted by Gasteiger charge is -2.17. The fourth-order valence-corrected chi connectivity index (χ4v) is 2.48. The molecule has 1 atom stereocenters. The molecule has 0 aliphatic rings. The number of hydrogen-bond acceptors (Lipinski definition) is 2. The molecule has 1 N–H and O–H groups in total. The van der Waals surface area contributed by atoms with Gasteiger partial charge < -0.3 is 9.84 Å². The largest absolute Gasteiger partial charge is 0.496 e. The summed E-state index contributed by atoms with van der Waals surface area (Å²) in [5.74, 6) is 0.608. The molecule has 3 heteroatoms. The molecular weight excluding hydrogens is 264 g/mol. The number of ether oxygens (including phenoxy) is 1. The van der Waals surface area contributed by atoms with Gasteiger partial charge in [-0.2, -0.15) is 0 Å². The Bertz CT molecular complexity index is 477. The van der Waals surface area contributed by atoms with Gasteiger partial charge in [-0.3, -0.25) is 0 Å². The Labute approximate surface area is 127 Å². The molecule has 21 heavy (non-hydrogen) atoms. The van der Waals surface area contributed by atoms with Gasteiger partial charge in [0.05, 0.1) is 7.11 Å². The van der Waals surface area contributed by atoms with E-state index >= 15 is 0 Å². The molecule has 116 valence electrons. The zero-order valence-electron chi connectivity index (χ0n) is 13.3. The normalized spacial score (nSPS) is 12.5. The highest BCUT2D eigenvalue weighted by atomic mass is 16.5. The molecule has 1 rings (SSSR count). The Morgan fingerprint density at radius 2 is 2.14 bits per heavy atom. The van der Waals surface area contributed by atoms with Crippen LogP contribution in [-0.4, -0.2) is 18.2 Å². The van der Waals surface area contributed by atoms with Crippen LogP contribution in [0.3, 0.4) is 0 Å². The number of benzene rings is 1. The summed E-state index contributed by atoms with van der Waals surface area (Å²) < 4.78 is 5.44. The zero-order valence-corrected chi connectivity index (χ0v) is 13.3. The Morgan fingerprint density at radius 3 is 2.71 bits per heavy atom. The lowest BCUT2D eigenvalue weighted by Crippen LogP contribution is -2.05. The minimum Gasteiger partial charge on any atom is -0.496 e. The van der Waals surface area contributed by atoms with E-state index in [2.05, 4.69) is 13.8 Å². The summed E-state index contributed by atoms with van der Waals surface area (Å²) in [6.07, 6.45) is 8.62. The van der Waals surface area contributed by atoms with Crippen LogP contribution in [0, 0.1) is 5.92 Å². The predicted molar refractivity (Wildman–Crippen MR) is 86.7 cm³/mol. The summed E-state index contributed by atoms with van der Waals surface area (Å²) in [6.45, 7) is 4.44. The van der Waals surface area contributed by atoms with Gasteiger partial charge in [0.2, 0.25) is 0 Å². The van der Waals surface area contributed by atoms with E-state index in [0.717, 1.165) is 29.7 Å².